The Morgan fingerprint density at radius 3 is 2.58 bits per heavy atom. The van der Waals surface area contributed by atoms with E-state index in [1.807, 2.05) is 0 Å². The number of ether oxygens (including phenoxy) is 1. The molecule has 8 heteroatoms. The Morgan fingerprint density at radius 1 is 1.42 bits per heavy atom. The molecule has 19 heavy (non-hydrogen) atoms. The number of halogens is 1. The SMILES string of the molecule is Cn1cc([C@@H]2O[C@H](CO)[C@H](Cl)[C@H]2O)c(=O)n(C)c1=O. The molecule has 1 aromatic heterocycles. The van der Waals surface area contributed by atoms with Crippen LogP contribution in [-0.4, -0.2) is 43.5 Å². The van der Waals surface area contributed by atoms with Gasteiger partial charge in [-0.15, -0.1) is 11.6 Å². The predicted octanol–water partition coefficient (Wildman–Crippen LogP) is -1.52. The summed E-state index contributed by atoms with van der Waals surface area (Å²) in [6.07, 6.45) is -1.50. The summed E-state index contributed by atoms with van der Waals surface area (Å²) in [4.78, 5) is 23.6. The van der Waals surface area contributed by atoms with Gasteiger partial charge in [-0.3, -0.25) is 9.36 Å². The van der Waals surface area contributed by atoms with Gasteiger partial charge in [0.15, 0.2) is 0 Å². The van der Waals surface area contributed by atoms with Crippen molar-refractivity contribution in [3.05, 3.63) is 32.6 Å². The second-order valence-electron chi connectivity index (χ2n) is 4.55. The van der Waals surface area contributed by atoms with Gasteiger partial charge >= 0.3 is 5.69 Å². The molecule has 0 amide bonds. The lowest BCUT2D eigenvalue weighted by Gasteiger charge is -2.15. The molecule has 0 aliphatic carbocycles. The quantitative estimate of drug-likeness (QED) is 0.646. The fourth-order valence-corrected chi connectivity index (χ4v) is 2.43. The van der Waals surface area contributed by atoms with Gasteiger partial charge in [-0.25, -0.2) is 4.79 Å². The molecule has 1 aliphatic heterocycles. The van der Waals surface area contributed by atoms with Gasteiger partial charge in [-0.2, -0.15) is 0 Å². The minimum Gasteiger partial charge on any atom is -0.394 e. The van der Waals surface area contributed by atoms with E-state index in [4.69, 9.17) is 21.4 Å². The predicted molar refractivity (Wildman–Crippen MR) is 67.3 cm³/mol. The van der Waals surface area contributed by atoms with Crippen LogP contribution in [0.2, 0.25) is 0 Å². The summed E-state index contributed by atoms with van der Waals surface area (Å²) in [5.41, 5.74) is -0.879. The highest BCUT2D eigenvalue weighted by Crippen LogP contribution is 2.34. The lowest BCUT2D eigenvalue weighted by Crippen LogP contribution is -2.40. The maximum Gasteiger partial charge on any atom is 0.330 e. The van der Waals surface area contributed by atoms with E-state index in [0.29, 0.717) is 0 Å². The summed E-state index contributed by atoms with van der Waals surface area (Å²) in [6.45, 7) is -0.353. The molecule has 1 aliphatic rings. The van der Waals surface area contributed by atoms with Crippen molar-refractivity contribution in [3.63, 3.8) is 0 Å². The first-order valence-electron chi connectivity index (χ1n) is 5.73. The fraction of sp³-hybridized carbons (Fsp3) is 0.636. The third-order valence-corrected chi connectivity index (χ3v) is 3.81. The van der Waals surface area contributed by atoms with Crippen LogP contribution in [0.1, 0.15) is 11.7 Å². The van der Waals surface area contributed by atoms with Gasteiger partial charge in [-0.05, 0) is 0 Å². The van der Waals surface area contributed by atoms with Crippen molar-refractivity contribution < 1.29 is 14.9 Å². The van der Waals surface area contributed by atoms with Crippen LogP contribution in [0.3, 0.4) is 0 Å². The van der Waals surface area contributed by atoms with Gasteiger partial charge in [0, 0.05) is 20.3 Å². The van der Waals surface area contributed by atoms with E-state index < -0.39 is 34.9 Å². The molecule has 0 unspecified atom stereocenters. The van der Waals surface area contributed by atoms with Crippen LogP contribution < -0.4 is 11.2 Å². The molecular formula is C11H15ClN2O5. The number of aromatic nitrogens is 2. The summed E-state index contributed by atoms with van der Waals surface area (Å²) in [5.74, 6) is 0. The molecule has 2 N–H and O–H groups in total. The third-order valence-electron chi connectivity index (χ3n) is 3.27. The van der Waals surface area contributed by atoms with Crippen LogP contribution in [-0.2, 0) is 18.8 Å². The highest BCUT2D eigenvalue weighted by atomic mass is 35.5. The molecule has 0 bridgehead atoms. The highest BCUT2D eigenvalue weighted by molar-refractivity contribution is 6.21. The minimum absolute atomic E-state index is 0.138. The summed E-state index contributed by atoms with van der Waals surface area (Å²) in [5, 5.41) is 18.3. The average molecular weight is 291 g/mol. The topological polar surface area (TPSA) is 93.7 Å². The third kappa shape index (κ3) is 2.23. The van der Waals surface area contributed by atoms with E-state index in [1.165, 1.54) is 24.9 Å². The molecule has 0 saturated carbocycles. The van der Waals surface area contributed by atoms with Crippen molar-refractivity contribution in [1.82, 2.24) is 9.13 Å². The van der Waals surface area contributed by atoms with Gasteiger partial charge in [0.05, 0.1) is 17.5 Å². The van der Waals surface area contributed by atoms with E-state index in [9.17, 15) is 14.7 Å². The molecule has 1 fully saturated rings. The van der Waals surface area contributed by atoms with Crippen molar-refractivity contribution in [1.29, 1.82) is 0 Å². The van der Waals surface area contributed by atoms with Crippen LogP contribution >= 0.6 is 11.6 Å². The number of alkyl halides is 1. The second-order valence-corrected chi connectivity index (χ2v) is 5.06. The first kappa shape index (κ1) is 14.3. The van der Waals surface area contributed by atoms with E-state index in [-0.39, 0.29) is 12.2 Å². The molecule has 2 heterocycles. The zero-order chi connectivity index (χ0) is 14.3. The molecule has 106 valence electrons. The van der Waals surface area contributed by atoms with E-state index in [0.717, 1.165) is 4.57 Å². The van der Waals surface area contributed by atoms with Gasteiger partial charge in [0.25, 0.3) is 5.56 Å². The van der Waals surface area contributed by atoms with Crippen LogP contribution in [0.5, 0.6) is 0 Å². The first-order chi connectivity index (χ1) is 8.88. The summed E-state index contributed by atoms with van der Waals surface area (Å²) >= 11 is 5.92. The standard InChI is InChI=1S/C11H15ClN2O5/c1-13-3-5(10(17)14(2)11(13)18)9-8(16)7(12)6(4-15)19-9/h3,6-9,15-16H,4H2,1-2H3/t6-,7+,8-,9+/m1/s1. The Kier molecular flexibility index (Phi) is 3.82. The molecule has 0 radical (unpaired) electrons. The van der Waals surface area contributed by atoms with Gasteiger partial charge < -0.3 is 19.5 Å². The van der Waals surface area contributed by atoms with Gasteiger partial charge in [0.1, 0.15) is 18.3 Å². The number of aliphatic hydroxyl groups is 2. The van der Waals surface area contributed by atoms with E-state index in [1.54, 1.807) is 0 Å². The zero-order valence-corrected chi connectivity index (χ0v) is 11.2. The number of aryl methyl sites for hydroxylation is 1. The minimum atomic E-state index is -1.12. The maximum atomic E-state index is 12.0. The normalized spacial score (nSPS) is 30.8. The summed E-state index contributed by atoms with van der Waals surface area (Å²) in [6, 6.07) is 0. The van der Waals surface area contributed by atoms with Crippen molar-refractivity contribution in [2.45, 2.75) is 23.7 Å². The molecule has 7 nitrogen and oxygen atoms in total. The lowest BCUT2D eigenvalue weighted by atomic mass is 10.1. The van der Waals surface area contributed by atoms with Crippen molar-refractivity contribution >= 4 is 11.6 Å². The molecule has 1 saturated heterocycles. The second kappa shape index (κ2) is 5.09. The van der Waals surface area contributed by atoms with Crippen molar-refractivity contribution in [2.75, 3.05) is 6.61 Å². The highest BCUT2D eigenvalue weighted by Gasteiger charge is 2.44. The smallest absolute Gasteiger partial charge is 0.330 e. The number of hydrogen-bond donors (Lipinski definition) is 2. The van der Waals surface area contributed by atoms with Crippen molar-refractivity contribution in [3.8, 4) is 0 Å². The first-order valence-corrected chi connectivity index (χ1v) is 6.17. The average Bonchev–Trinajstić information content (AvgIpc) is 2.68. The Labute approximate surface area is 113 Å². The number of rotatable bonds is 2. The maximum absolute atomic E-state index is 12.0. The Bertz CT molecular complexity index is 596. The molecule has 0 spiro atoms. The van der Waals surface area contributed by atoms with Crippen LogP contribution in [0.4, 0.5) is 0 Å². The van der Waals surface area contributed by atoms with Crippen molar-refractivity contribution in [2.24, 2.45) is 14.1 Å². The summed E-state index contributed by atoms with van der Waals surface area (Å²) < 4.78 is 7.55. The molecule has 2 rings (SSSR count). The van der Waals surface area contributed by atoms with Crippen LogP contribution in [0.15, 0.2) is 15.8 Å². The molecule has 4 atom stereocenters. The number of hydrogen-bond acceptors (Lipinski definition) is 5. The Balaban J connectivity index is 2.50. The number of aliphatic hydroxyl groups excluding tert-OH is 2. The van der Waals surface area contributed by atoms with Crippen LogP contribution in [0.25, 0.3) is 0 Å². The number of nitrogens with zero attached hydrogens (tertiary/aromatic N) is 2. The molecule has 0 aromatic carbocycles. The largest absolute Gasteiger partial charge is 0.394 e. The van der Waals surface area contributed by atoms with E-state index >= 15 is 0 Å². The monoisotopic (exact) mass is 290 g/mol. The Hall–Kier alpha value is -1.15. The van der Waals surface area contributed by atoms with E-state index in [2.05, 4.69) is 0 Å². The molecular weight excluding hydrogens is 276 g/mol. The lowest BCUT2D eigenvalue weighted by molar-refractivity contribution is -0.0119. The van der Waals surface area contributed by atoms with Crippen LogP contribution in [0, 0.1) is 0 Å². The van der Waals surface area contributed by atoms with Gasteiger partial charge in [-0.1, -0.05) is 0 Å². The van der Waals surface area contributed by atoms with Gasteiger partial charge in [0.2, 0.25) is 0 Å². The molecule has 1 aromatic rings. The zero-order valence-electron chi connectivity index (χ0n) is 10.5. The Morgan fingerprint density at radius 2 is 2.05 bits per heavy atom. The fourth-order valence-electron chi connectivity index (χ4n) is 2.16. The summed E-state index contributed by atoms with van der Waals surface area (Å²) in [7, 11) is 2.84.